The average Bonchev–Trinajstić information content (AvgIpc) is 2.51. The number of nitrogens with zero attached hydrogens (tertiary/aromatic N) is 1. The lowest BCUT2D eigenvalue weighted by atomic mass is 9.53. The summed E-state index contributed by atoms with van der Waals surface area (Å²) in [5, 5.41) is 12.7. The monoisotopic (exact) mass is 306 g/mol. The van der Waals surface area contributed by atoms with Gasteiger partial charge in [0.25, 0.3) is 5.91 Å². The van der Waals surface area contributed by atoms with Crippen LogP contribution in [-0.4, -0.2) is 11.4 Å². The number of hydrogen-bond acceptors (Lipinski definition) is 2. The van der Waals surface area contributed by atoms with Gasteiger partial charge in [-0.05, 0) is 67.9 Å². The number of carbonyl (C=O) groups excluding carboxylic acids is 1. The molecule has 4 fully saturated rings. The Labute approximate surface area is 137 Å². The minimum absolute atomic E-state index is 0.0432. The second-order valence-electron chi connectivity index (χ2n) is 7.73. The zero-order valence-electron chi connectivity index (χ0n) is 13.3. The highest BCUT2D eigenvalue weighted by Crippen LogP contribution is 2.55. The largest absolute Gasteiger partial charge is 0.346 e. The second kappa shape index (κ2) is 5.53. The van der Waals surface area contributed by atoms with E-state index in [4.69, 9.17) is 0 Å². The molecule has 5 rings (SSSR count). The van der Waals surface area contributed by atoms with Gasteiger partial charge in [0.15, 0.2) is 0 Å². The van der Waals surface area contributed by atoms with Gasteiger partial charge in [-0.2, -0.15) is 5.26 Å². The third-order valence-corrected chi connectivity index (χ3v) is 5.89. The van der Waals surface area contributed by atoms with Crippen LogP contribution >= 0.6 is 0 Å². The van der Waals surface area contributed by atoms with Gasteiger partial charge in [0, 0.05) is 5.54 Å². The molecule has 0 radical (unpaired) electrons. The first-order valence-electron chi connectivity index (χ1n) is 8.65. The fourth-order valence-corrected chi connectivity index (χ4v) is 5.44. The lowest BCUT2D eigenvalue weighted by Crippen LogP contribution is -2.60. The third kappa shape index (κ3) is 2.79. The summed E-state index contributed by atoms with van der Waals surface area (Å²) in [5.41, 5.74) is 1.06. The molecule has 118 valence electrons. The Morgan fingerprint density at radius 1 is 1.09 bits per heavy atom. The van der Waals surface area contributed by atoms with Crippen LogP contribution in [0.15, 0.2) is 35.9 Å². The number of nitriles is 1. The molecule has 1 aromatic carbocycles. The Morgan fingerprint density at radius 2 is 1.65 bits per heavy atom. The molecule has 1 amide bonds. The van der Waals surface area contributed by atoms with Gasteiger partial charge in [-0.25, -0.2) is 0 Å². The van der Waals surface area contributed by atoms with Crippen LogP contribution in [0.4, 0.5) is 0 Å². The molecule has 3 heteroatoms. The molecule has 4 aliphatic carbocycles. The summed E-state index contributed by atoms with van der Waals surface area (Å²) in [6.07, 6.45) is 9.05. The van der Waals surface area contributed by atoms with Crippen LogP contribution < -0.4 is 5.32 Å². The third-order valence-electron chi connectivity index (χ3n) is 5.89. The molecule has 4 saturated carbocycles. The van der Waals surface area contributed by atoms with Crippen LogP contribution in [0.5, 0.6) is 0 Å². The van der Waals surface area contributed by atoms with Crippen LogP contribution in [0, 0.1) is 29.1 Å². The van der Waals surface area contributed by atoms with Crippen molar-refractivity contribution >= 4 is 12.0 Å². The molecule has 0 aromatic heterocycles. The molecule has 4 aliphatic rings. The van der Waals surface area contributed by atoms with Gasteiger partial charge in [-0.1, -0.05) is 30.3 Å². The van der Waals surface area contributed by atoms with Crippen molar-refractivity contribution in [3.63, 3.8) is 0 Å². The van der Waals surface area contributed by atoms with E-state index < -0.39 is 0 Å². The lowest BCUT2D eigenvalue weighted by Gasteiger charge is -2.56. The number of carbonyl (C=O) groups is 1. The van der Waals surface area contributed by atoms with Gasteiger partial charge in [0.2, 0.25) is 0 Å². The summed E-state index contributed by atoms with van der Waals surface area (Å²) in [5.74, 6) is 2.15. The van der Waals surface area contributed by atoms with Gasteiger partial charge in [-0.3, -0.25) is 4.79 Å². The smallest absolute Gasteiger partial charge is 0.262 e. The Balaban J connectivity index is 1.53. The SMILES string of the molecule is N#CC(=Cc1ccccc1)C(=O)NC12CC3CC(CC(C3)C1)C2. The number of hydrogen-bond donors (Lipinski definition) is 1. The predicted molar refractivity (Wildman–Crippen MR) is 89.1 cm³/mol. The van der Waals surface area contributed by atoms with Crippen molar-refractivity contribution in [1.29, 1.82) is 5.26 Å². The van der Waals surface area contributed by atoms with E-state index in [1.807, 2.05) is 30.3 Å². The molecular weight excluding hydrogens is 284 g/mol. The molecular formula is C20H22N2O. The Morgan fingerprint density at radius 3 is 2.17 bits per heavy atom. The number of nitrogens with one attached hydrogen (secondary N) is 1. The van der Waals surface area contributed by atoms with Crippen LogP contribution in [0.2, 0.25) is 0 Å². The van der Waals surface area contributed by atoms with Crippen LogP contribution in [0.3, 0.4) is 0 Å². The summed E-state index contributed by atoms with van der Waals surface area (Å²) in [6, 6.07) is 11.7. The van der Waals surface area contributed by atoms with Gasteiger partial charge >= 0.3 is 0 Å². The highest BCUT2D eigenvalue weighted by Gasteiger charge is 2.51. The average molecular weight is 306 g/mol. The molecule has 1 N–H and O–H groups in total. The van der Waals surface area contributed by atoms with E-state index in [-0.39, 0.29) is 17.0 Å². The molecule has 1 aromatic rings. The fourth-order valence-electron chi connectivity index (χ4n) is 5.44. The van der Waals surface area contributed by atoms with Gasteiger partial charge in [-0.15, -0.1) is 0 Å². The molecule has 0 atom stereocenters. The van der Waals surface area contributed by atoms with Crippen molar-refractivity contribution in [1.82, 2.24) is 5.32 Å². The van der Waals surface area contributed by atoms with Crippen LogP contribution in [-0.2, 0) is 4.79 Å². The van der Waals surface area contributed by atoms with Gasteiger partial charge in [0.05, 0.1) is 0 Å². The first-order valence-corrected chi connectivity index (χ1v) is 8.65. The first kappa shape index (κ1) is 14.5. The standard InChI is InChI=1S/C20H22N2O/c21-13-18(9-14-4-2-1-3-5-14)19(23)22-20-10-15-6-16(11-20)8-17(7-15)12-20/h1-5,9,15-17H,6-8,10-12H2,(H,22,23). The van der Waals surface area contributed by atoms with Crippen molar-refractivity contribution in [2.45, 2.75) is 44.1 Å². The summed E-state index contributed by atoms with van der Waals surface area (Å²) in [6.45, 7) is 0. The lowest BCUT2D eigenvalue weighted by molar-refractivity contribution is -0.122. The zero-order valence-corrected chi connectivity index (χ0v) is 13.3. The van der Waals surface area contributed by atoms with Crippen molar-refractivity contribution < 1.29 is 4.79 Å². The fraction of sp³-hybridized carbons (Fsp3) is 0.500. The Kier molecular flexibility index (Phi) is 3.49. The molecule has 0 unspecified atom stereocenters. The molecule has 0 aliphatic heterocycles. The summed E-state index contributed by atoms with van der Waals surface area (Å²) in [7, 11) is 0. The normalized spacial score (nSPS) is 34.9. The molecule has 0 heterocycles. The van der Waals surface area contributed by atoms with Gasteiger partial charge in [0.1, 0.15) is 11.6 Å². The quantitative estimate of drug-likeness (QED) is 0.684. The van der Waals surface area contributed by atoms with Crippen LogP contribution in [0.25, 0.3) is 6.08 Å². The van der Waals surface area contributed by atoms with Crippen molar-refractivity contribution in [2.75, 3.05) is 0 Å². The number of amides is 1. The highest BCUT2D eigenvalue weighted by molar-refractivity contribution is 6.02. The highest BCUT2D eigenvalue weighted by atomic mass is 16.1. The summed E-state index contributed by atoms with van der Waals surface area (Å²) in [4.78, 5) is 12.7. The second-order valence-corrected chi connectivity index (χ2v) is 7.73. The Bertz CT molecular complexity index is 648. The van der Waals surface area contributed by atoms with E-state index in [0.29, 0.717) is 0 Å². The molecule has 23 heavy (non-hydrogen) atoms. The first-order chi connectivity index (χ1) is 11.2. The topological polar surface area (TPSA) is 52.9 Å². The van der Waals surface area contributed by atoms with E-state index in [1.54, 1.807) is 6.08 Å². The van der Waals surface area contributed by atoms with Crippen molar-refractivity contribution in [3.05, 3.63) is 41.5 Å². The van der Waals surface area contributed by atoms with E-state index in [0.717, 1.165) is 42.6 Å². The number of rotatable bonds is 3. The van der Waals surface area contributed by atoms with E-state index in [1.165, 1.54) is 19.3 Å². The molecule has 0 saturated heterocycles. The Hall–Kier alpha value is -2.08. The molecule has 4 bridgehead atoms. The minimum atomic E-state index is -0.196. The van der Waals surface area contributed by atoms with E-state index in [2.05, 4.69) is 11.4 Å². The molecule has 0 spiro atoms. The summed E-state index contributed by atoms with van der Waals surface area (Å²) >= 11 is 0. The van der Waals surface area contributed by atoms with Crippen molar-refractivity contribution in [2.24, 2.45) is 17.8 Å². The van der Waals surface area contributed by atoms with Crippen molar-refractivity contribution in [3.8, 4) is 6.07 Å². The maximum atomic E-state index is 12.7. The van der Waals surface area contributed by atoms with Crippen LogP contribution in [0.1, 0.15) is 44.1 Å². The molecule has 3 nitrogen and oxygen atoms in total. The predicted octanol–water partition coefficient (Wildman–Crippen LogP) is 3.68. The minimum Gasteiger partial charge on any atom is -0.346 e. The maximum absolute atomic E-state index is 12.7. The van der Waals surface area contributed by atoms with E-state index >= 15 is 0 Å². The zero-order chi connectivity index (χ0) is 15.9. The summed E-state index contributed by atoms with van der Waals surface area (Å²) < 4.78 is 0. The maximum Gasteiger partial charge on any atom is 0.262 e. The van der Waals surface area contributed by atoms with Gasteiger partial charge < -0.3 is 5.32 Å². The number of benzene rings is 1. The van der Waals surface area contributed by atoms with E-state index in [9.17, 15) is 10.1 Å².